The van der Waals surface area contributed by atoms with Crippen LogP contribution in [0.2, 0.25) is 0 Å². The number of rotatable bonds is 16. The van der Waals surface area contributed by atoms with Gasteiger partial charge in [-0.15, -0.1) is 5.10 Å². The summed E-state index contributed by atoms with van der Waals surface area (Å²) in [5, 5.41) is 57.6. The Labute approximate surface area is 308 Å². The molecule has 5 rings (SSSR count). The summed E-state index contributed by atoms with van der Waals surface area (Å²) in [5.74, 6) is -0.884. The van der Waals surface area contributed by atoms with Crippen LogP contribution in [0.25, 0.3) is 10.9 Å². The number of hydrogen-bond donors (Lipinski definition) is 7. The van der Waals surface area contributed by atoms with Crippen LogP contribution in [0.4, 0.5) is 0 Å². The van der Waals surface area contributed by atoms with Crippen molar-refractivity contribution in [3.8, 4) is 5.88 Å². The average Bonchev–Trinajstić information content (AvgIpc) is 3.47. The molecule has 5 atom stereocenters. The summed E-state index contributed by atoms with van der Waals surface area (Å²) in [5.41, 5.74) is 7.97. The fraction of sp³-hybridized carbons (Fsp3) is 0.568. The third-order valence-electron chi connectivity index (χ3n) is 9.85. The molecule has 2 aromatic carbocycles. The van der Waals surface area contributed by atoms with E-state index < -0.39 is 48.8 Å². The Kier molecular flexibility index (Phi) is 13.4. The minimum absolute atomic E-state index is 0.0328. The van der Waals surface area contributed by atoms with Gasteiger partial charge >= 0.3 is 0 Å². The lowest BCUT2D eigenvalue weighted by Crippen LogP contribution is -2.60. The molecule has 0 spiro atoms. The van der Waals surface area contributed by atoms with Crippen LogP contribution in [-0.2, 0) is 44.9 Å². The van der Waals surface area contributed by atoms with Crippen LogP contribution in [0.15, 0.2) is 42.5 Å². The Bertz CT molecular complexity index is 1710. The fourth-order valence-corrected chi connectivity index (χ4v) is 6.88. The molecule has 2 fully saturated rings. The molecule has 0 aliphatic carbocycles. The van der Waals surface area contributed by atoms with Crippen molar-refractivity contribution in [3.63, 3.8) is 0 Å². The number of piperazine rings is 1. The summed E-state index contributed by atoms with van der Waals surface area (Å²) in [7, 11) is 0. The highest BCUT2D eigenvalue weighted by Crippen LogP contribution is 2.33. The molecule has 2 saturated heterocycles. The number of benzene rings is 2. The van der Waals surface area contributed by atoms with Gasteiger partial charge in [-0.05, 0) is 62.3 Å². The lowest BCUT2D eigenvalue weighted by molar-refractivity contribution is -0.278. The Morgan fingerprint density at radius 3 is 2.26 bits per heavy atom. The van der Waals surface area contributed by atoms with Crippen LogP contribution in [0, 0.1) is 0 Å². The van der Waals surface area contributed by atoms with Gasteiger partial charge in [0.1, 0.15) is 36.5 Å². The normalized spacial score (nSPS) is 22.5. The summed E-state index contributed by atoms with van der Waals surface area (Å²) in [6.45, 7) is 5.80. The molecular weight excluding hydrogens is 688 g/mol. The van der Waals surface area contributed by atoms with Crippen molar-refractivity contribution in [2.24, 2.45) is 5.73 Å². The first-order valence-electron chi connectivity index (χ1n) is 18.1. The Morgan fingerprint density at radius 1 is 0.943 bits per heavy atom. The fourth-order valence-electron chi connectivity index (χ4n) is 6.88. The van der Waals surface area contributed by atoms with Crippen LogP contribution >= 0.6 is 0 Å². The van der Waals surface area contributed by atoms with Crippen LogP contribution in [0.3, 0.4) is 0 Å². The largest absolute Gasteiger partial charge is 0.443 e. The van der Waals surface area contributed by atoms with E-state index in [-0.39, 0.29) is 37.3 Å². The highest BCUT2D eigenvalue weighted by Gasteiger charge is 2.45. The van der Waals surface area contributed by atoms with E-state index in [2.05, 4.69) is 15.3 Å². The molecule has 16 heteroatoms. The number of fused-ring (bicyclic) bond motifs is 1. The van der Waals surface area contributed by atoms with Crippen molar-refractivity contribution >= 4 is 28.6 Å². The smallest absolute Gasteiger partial charge is 0.247 e. The molecule has 3 amide bonds. The van der Waals surface area contributed by atoms with Crippen LogP contribution < -0.4 is 15.8 Å². The number of amides is 3. The van der Waals surface area contributed by atoms with E-state index in [9.17, 15) is 34.8 Å². The summed E-state index contributed by atoms with van der Waals surface area (Å²) in [4.78, 5) is 41.6. The third-order valence-corrected chi connectivity index (χ3v) is 9.85. The van der Waals surface area contributed by atoms with Crippen LogP contribution in [-0.4, -0.2) is 145 Å². The van der Waals surface area contributed by atoms with E-state index in [4.69, 9.17) is 20.3 Å². The van der Waals surface area contributed by atoms with Crippen molar-refractivity contribution in [2.75, 3.05) is 45.9 Å². The number of aliphatic hydroxyl groups is 5. The summed E-state index contributed by atoms with van der Waals surface area (Å²) < 4.78 is 12.9. The summed E-state index contributed by atoms with van der Waals surface area (Å²) in [6, 6.07) is 13.6. The van der Waals surface area contributed by atoms with E-state index in [1.54, 1.807) is 24.8 Å². The molecule has 0 unspecified atom stereocenters. The third kappa shape index (κ3) is 9.89. The van der Waals surface area contributed by atoms with E-state index in [1.165, 1.54) is 4.68 Å². The number of aryl methyl sites for hydroxylation is 3. The second kappa shape index (κ2) is 17.8. The number of aliphatic hydroxyl groups excluding tert-OH is 5. The minimum Gasteiger partial charge on any atom is -0.443 e. The second-order valence-corrected chi connectivity index (χ2v) is 14.3. The molecule has 8 N–H and O–H groups in total. The number of nitrogens with one attached hydrogen (secondary N) is 1. The predicted octanol–water partition coefficient (Wildman–Crippen LogP) is -1.16. The number of nitrogens with zero attached hydrogens (tertiary/aromatic N) is 4. The zero-order chi connectivity index (χ0) is 38.3. The first-order chi connectivity index (χ1) is 25.3. The number of β-amino-alcohol motifs (C(OH)–C–C–N with tert-alkyl or cyclic N) is 1. The van der Waals surface area contributed by atoms with Gasteiger partial charge in [-0.3, -0.25) is 24.0 Å². The quantitative estimate of drug-likeness (QED) is 0.0922. The van der Waals surface area contributed by atoms with E-state index in [1.807, 2.05) is 36.4 Å². The number of aromatic nitrogens is 2. The van der Waals surface area contributed by atoms with Gasteiger partial charge in [0.2, 0.25) is 29.9 Å². The molecule has 2 aliphatic rings. The maximum atomic E-state index is 13.1. The van der Waals surface area contributed by atoms with Crippen molar-refractivity contribution < 1.29 is 49.4 Å². The Balaban J connectivity index is 1.16. The van der Waals surface area contributed by atoms with Gasteiger partial charge in [0.05, 0.1) is 24.1 Å². The van der Waals surface area contributed by atoms with Gasteiger partial charge in [0, 0.05) is 39.1 Å². The molecule has 0 saturated carbocycles. The van der Waals surface area contributed by atoms with Crippen molar-refractivity contribution in [2.45, 2.75) is 88.7 Å². The van der Waals surface area contributed by atoms with Crippen LogP contribution in [0.5, 0.6) is 5.88 Å². The standard InChI is InChI=1S/C37H52N6O10/c1-37(2,36(51)42-17-15-41(16-18-42)19-20-44)39-29(47)8-3-5-23-9-11-24(12-10-23)13-14-25-6-4-7-26-30(25)34(40-43(26)21-28(38)46)53-35-33(50)32(49)31(48)27(22-45)52-35/h4,6-7,9-12,27,31-33,35,44-45,48-50H,3,5,8,13-22H2,1-2H3,(H2,38,46)(H,39,47)/t27-,31-,32+,33-,35+/m1/s1. The van der Waals surface area contributed by atoms with Gasteiger partial charge < -0.3 is 51.0 Å². The zero-order valence-electron chi connectivity index (χ0n) is 30.3. The van der Waals surface area contributed by atoms with Gasteiger partial charge in [0.15, 0.2) is 0 Å². The van der Waals surface area contributed by atoms with Crippen molar-refractivity contribution in [1.29, 1.82) is 0 Å². The highest BCUT2D eigenvalue weighted by molar-refractivity contribution is 5.91. The summed E-state index contributed by atoms with van der Waals surface area (Å²) >= 11 is 0. The molecule has 3 heterocycles. The molecule has 0 bridgehead atoms. The zero-order valence-corrected chi connectivity index (χ0v) is 30.3. The first-order valence-corrected chi connectivity index (χ1v) is 18.1. The monoisotopic (exact) mass is 740 g/mol. The van der Waals surface area contributed by atoms with Gasteiger partial charge in [-0.1, -0.05) is 36.4 Å². The van der Waals surface area contributed by atoms with E-state index in [0.29, 0.717) is 69.3 Å². The lowest BCUT2D eigenvalue weighted by atomic mass is 9.99. The number of nitrogens with two attached hydrogens (primary N) is 1. The maximum Gasteiger partial charge on any atom is 0.247 e. The van der Waals surface area contributed by atoms with Crippen LogP contribution in [0.1, 0.15) is 43.4 Å². The molecular formula is C37H52N6O10. The van der Waals surface area contributed by atoms with Crippen molar-refractivity contribution in [1.82, 2.24) is 24.9 Å². The maximum absolute atomic E-state index is 13.1. The van der Waals surface area contributed by atoms with E-state index >= 15 is 0 Å². The topological polar surface area (TPSA) is 233 Å². The molecule has 290 valence electrons. The van der Waals surface area contributed by atoms with Gasteiger partial charge in [-0.25, -0.2) is 0 Å². The molecule has 3 aromatic rings. The highest BCUT2D eigenvalue weighted by atomic mass is 16.7. The molecule has 53 heavy (non-hydrogen) atoms. The average molecular weight is 741 g/mol. The molecule has 1 aromatic heterocycles. The van der Waals surface area contributed by atoms with Gasteiger partial charge in [-0.2, -0.15) is 0 Å². The first kappa shape index (κ1) is 40.0. The molecule has 16 nitrogen and oxygen atoms in total. The lowest BCUT2D eigenvalue weighted by Gasteiger charge is -2.39. The second-order valence-electron chi connectivity index (χ2n) is 14.3. The van der Waals surface area contributed by atoms with E-state index in [0.717, 1.165) is 16.7 Å². The number of hydrogen-bond acceptors (Lipinski definition) is 12. The van der Waals surface area contributed by atoms with Gasteiger partial charge in [0.25, 0.3) is 0 Å². The number of ether oxygens (including phenoxy) is 2. The summed E-state index contributed by atoms with van der Waals surface area (Å²) in [6.07, 6.45) is -4.69. The Hall–Kier alpha value is -4.16. The predicted molar refractivity (Wildman–Crippen MR) is 192 cm³/mol. The molecule has 2 aliphatic heterocycles. The Morgan fingerprint density at radius 2 is 1.62 bits per heavy atom. The SMILES string of the molecule is CC(C)(NC(=O)CCCc1ccc(CCc2cccc3c2c(O[C@@H]2O[C@H](CO)[C@@H](O)[C@H](O)[C@H]2O)nn3CC(N)=O)cc1)C(=O)N1CCN(CCO)CC1. The van der Waals surface area contributed by atoms with Crippen molar-refractivity contribution in [3.05, 3.63) is 59.2 Å². The minimum atomic E-state index is -1.64. The number of carbonyl (C=O) groups excluding carboxylic acids is 3. The number of primary amides is 1. The number of carbonyl (C=O) groups is 3. The molecule has 0 radical (unpaired) electrons.